The monoisotopic (exact) mass is 287 g/mol. The summed E-state index contributed by atoms with van der Waals surface area (Å²) < 4.78 is 5.28. The van der Waals surface area contributed by atoms with Gasteiger partial charge in [0.1, 0.15) is 0 Å². The Hall–Kier alpha value is -1.83. The zero-order chi connectivity index (χ0) is 15.1. The molecule has 0 spiro atoms. The quantitative estimate of drug-likeness (QED) is 0.831. The highest BCUT2D eigenvalue weighted by molar-refractivity contribution is 5.94. The zero-order valence-electron chi connectivity index (χ0n) is 12.3. The molecule has 1 aromatic carbocycles. The molecule has 0 aromatic heterocycles. The van der Waals surface area contributed by atoms with Crippen molar-refractivity contribution >= 4 is 5.91 Å². The molecule has 1 heterocycles. The van der Waals surface area contributed by atoms with E-state index in [0.717, 1.165) is 24.0 Å². The number of nitrogens with one attached hydrogen (secondary N) is 1. The highest BCUT2D eigenvalue weighted by Gasteiger charge is 2.17. The molecule has 0 radical (unpaired) electrons. The summed E-state index contributed by atoms with van der Waals surface area (Å²) in [5.74, 6) is 5.85. The van der Waals surface area contributed by atoms with E-state index in [-0.39, 0.29) is 18.6 Å². The first-order valence-corrected chi connectivity index (χ1v) is 7.29. The second-order valence-electron chi connectivity index (χ2n) is 5.17. The SMILES string of the molecule is Cc1cc(C(=O)NC2CCOCC2)ccc1C#CCCO. The van der Waals surface area contributed by atoms with E-state index in [1.807, 2.05) is 19.1 Å². The topological polar surface area (TPSA) is 58.6 Å². The largest absolute Gasteiger partial charge is 0.395 e. The molecular formula is C17H21NO3. The molecule has 1 aliphatic heterocycles. The lowest BCUT2D eigenvalue weighted by atomic mass is 10.0. The van der Waals surface area contributed by atoms with Crippen LogP contribution < -0.4 is 5.32 Å². The van der Waals surface area contributed by atoms with E-state index in [4.69, 9.17) is 9.84 Å². The summed E-state index contributed by atoms with van der Waals surface area (Å²) in [6.45, 7) is 3.43. The number of hydrogen-bond donors (Lipinski definition) is 2. The fraction of sp³-hybridized carbons (Fsp3) is 0.471. The van der Waals surface area contributed by atoms with Crippen LogP contribution in [0.2, 0.25) is 0 Å². The highest BCUT2D eigenvalue weighted by Crippen LogP contribution is 2.12. The number of hydrogen-bond acceptors (Lipinski definition) is 3. The molecule has 0 saturated carbocycles. The summed E-state index contributed by atoms with van der Waals surface area (Å²) >= 11 is 0. The van der Waals surface area contributed by atoms with E-state index in [1.165, 1.54) is 0 Å². The lowest BCUT2D eigenvalue weighted by Crippen LogP contribution is -2.38. The molecular weight excluding hydrogens is 266 g/mol. The lowest BCUT2D eigenvalue weighted by Gasteiger charge is -2.23. The second-order valence-corrected chi connectivity index (χ2v) is 5.17. The van der Waals surface area contributed by atoms with Crippen LogP contribution >= 0.6 is 0 Å². The molecule has 1 aliphatic rings. The molecule has 0 atom stereocenters. The Bertz CT molecular complexity index is 551. The Morgan fingerprint density at radius 1 is 1.43 bits per heavy atom. The number of carbonyl (C=O) groups excluding carboxylic acids is 1. The van der Waals surface area contributed by atoms with E-state index < -0.39 is 0 Å². The third-order valence-electron chi connectivity index (χ3n) is 3.50. The van der Waals surface area contributed by atoms with Gasteiger partial charge in [-0.05, 0) is 43.5 Å². The number of amides is 1. The van der Waals surface area contributed by atoms with Gasteiger partial charge in [-0.2, -0.15) is 0 Å². The molecule has 2 rings (SSSR count). The molecule has 1 fully saturated rings. The fourth-order valence-electron chi connectivity index (χ4n) is 2.27. The predicted octanol–water partition coefficient (Wildman–Crippen LogP) is 1.64. The smallest absolute Gasteiger partial charge is 0.251 e. The molecule has 21 heavy (non-hydrogen) atoms. The minimum Gasteiger partial charge on any atom is -0.395 e. The van der Waals surface area contributed by atoms with Crippen LogP contribution in [-0.4, -0.2) is 36.9 Å². The molecule has 0 aliphatic carbocycles. The van der Waals surface area contributed by atoms with Gasteiger partial charge in [0, 0.05) is 36.8 Å². The van der Waals surface area contributed by atoms with Crippen molar-refractivity contribution in [2.75, 3.05) is 19.8 Å². The molecule has 112 valence electrons. The van der Waals surface area contributed by atoms with Crippen LogP contribution in [-0.2, 0) is 4.74 Å². The third-order valence-corrected chi connectivity index (χ3v) is 3.50. The summed E-state index contributed by atoms with van der Waals surface area (Å²) in [7, 11) is 0. The van der Waals surface area contributed by atoms with Gasteiger partial charge < -0.3 is 15.2 Å². The molecule has 1 saturated heterocycles. The minimum atomic E-state index is -0.0418. The summed E-state index contributed by atoms with van der Waals surface area (Å²) in [5, 5.41) is 11.8. The Kier molecular flexibility index (Phi) is 5.79. The van der Waals surface area contributed by atoms with E-state index in [1.54, 1.807) is 6.07 Å². The maximum Gasteiger partial charge on any atom is 0.251 e. The maximum absolute atomic E-state index is 12.2. The van der Waals surface area contributed by atoms with Crippen molar-refractivity contribution in [3.8, 4) is 11.8 Å². The lowest BCUT2D eigenvalue weighted by molar-refractivity contribution is 0.0696. The highest BCUT2D eigenvalue weighted by atomic mass is 16.5. The predicted molar refractivity (Wildman–Crippen MR) is 81.1 cm³/mol. The van der Waals surface area contributed by atoms with Gasteiger partial charge in [-0.15, -0.1) is 0 Å². The molecule has 4 heteroatoms. The molecule has 1 amide bonds. The zero-order valence-corrected chi connectivity index (χ0v) is 12.3. The van der Waals surface area contributed by atoms with E-state index in [9.17, 15) is 4.79 Å². The van der Waals surface area contributed by atoms with E-state index in [2.05, 4.69) is 17.2 Å². The Morgan fingerprint density at radius 3 is 2.86 bits per heavy atom. The van der Waals surface area contributed by atoms with E-state index >= 15 is 0 Å². The molecule has 0 bridgehead atoms. The average molecular weight is 287 g/mol. The van der Waals surface area contributed by atoms with Crippen LogP contribution in [0.15, 0.2) is 18.2 Å². The normalized spacial score (nSPS) is 15.1. The van der Waals surface area contributed by atoms with Crippen LogP contribution in [0.5, 0.6) is 0 Å². The fourth-order valence-corrected chi connectivity index (χ4v) is 2.27. The number of aryl methyl sites for hydroxylation is 1. The van der Waals surface area contributed by atoms with Crippen molar-refractivity contribution < 1.29 is 14.6 Å². The Morgan fingerprint density at radius 2 is 2.19 bits per heavy atom. The van der Waals surface area contributed by atoms with Crippen LogP contribution in [0.1, 0.15) is 40.7 Å². The van der Waals surface area contributed by atoms with E-state index in [0.29, 0.717) is 25.2 Å². The van der Waals surface area contributed by atoms with Crippen molar-refractivity contribution in [2.45, 2.75) is 32.2 Å². The van der Waals surface area contributed by atoms with Gasteiger partial charge in [-0.3, -0.25) is 4.79 Å². The standard InChI is InChI=1S/C17H21NO3/c1-13-12-15(6-5-14(13)4-2-3-9-19)17(20)18-16-7-10-21-11-8-16/h5-6,12,16,19H,3,7-11H2,1H3,(H,18,20). The number of aliphatic hydroxyl groups is 1. The summed E-state index contributed by atoms with van der Waals surface area (Å²) in [5.41, 5.74) is 2.53. The van der Waals surface area contributed by atoms with Crippen LogP contribution in [0.25, 0.3) is 0 Å². The molecule has 4 nitrogen and oxygen atoms in total. The molecule has 1 aromatic rings. The van der Waals surface area contributed by atoms with Crippen molar-refractivity contribution in [1.29, 1.82) is 0 Å². The average Bonchev–Trinajstić information content (AvgIpc) is 2.50. The van der Waals surface area contributed by atoms with Crippen molar-refractivity contribution in [2.24, 2.45) is 0 Å². The number of carbonyl (C=O) groups is 1. The Balaban J connectivity index is 2.01. The maximum atomic E-state index is 12.2. The van der Waals surface area contributed by atoms with Crippen LogP contribution in [0.4, 0.5) is 0 Å². The van der Waals surface area contributed by atoms with Crippen LogP contribution in [0, 0.1) is 18.8 Å². The first-order chi connectivity index (χ1) is 10.2. The minimum absolute atomic E-state index is 0.0418. The van der Waals surface area contributed by atoms with Gasteiger partial charge in [0.25, 0.3) is 5.91 Å². The van der Waals surface area contributed by atoms with Crippen molar-refractivity contribution in [3.63, 3.8) is 0 Å². The third kappa shape index (κ3) is 4.59. The van der Waals surface area contributed by atoms with Gasteiger partial charge in [0.2, 0.25) is 0 Å². The van der Waals surface area contributed by atoms with Gasteiger partial charge in [-0.1, -0.05) is 11.8 Å². The number of rotatable bonds is 3. The number of ether oxygens (including phenoxy) is 1. The van der Waals surface area contributed by atoms with Crippen molar-refractivity contribution in [3.05, 3.63) is 34.9 Å². The summed E-state index contributed by atoms with van der Waals surface area (Å²) in [6, 6.07) is 5.72. The van der Waals surface area contributed by atoms with Crippen molar-refractivity contribution in [1.82, 2.24) is 5.32 Å². The van der Waals surface area contributed by atoms with Crippen LogP contribution in [0.3, 0.4) is 0 Å². The first-order valence-electron chi connectivity index (χ1n) is 7.29. The van der Waals surface area contributed by atoms with Gasteiger partial charge in [0.15, 0.2) is 0 Å². The number of aliphatic hydroxyl groups excluding tert-OH is 1. The summed E-state index contributed by atoms with van der Waals surface area (Å²) in [4.78, 5) is 12.2. The summed E-state index contributed by atoms with van der Waals surface area (Å²) in [6.07, 6.45) is 2.20. The van der Waals surface area contributed by atoms with Gasteiger partial charge >= 0.3 is 0 Å². The number of benzene rings is 1. The van der Waals surface area contributed by atoms with Gasteiger partial charge in [-0.25, -0.2) is 0 Å². The van der Waals surface area contributed by atoms with Gasteiger partial charge in [0.05, 0.1) is 6.61 Å². The first kappa shape index (κ1) is 15.6. The Labute approximate surface area is 125 Å². The molecule has 2 N–H and O–H groups in total. The second kappa shape index (κ2) is 7.82. The molecule has 0 unspecified atom stereocenters.